The van der Waals surface area contributed by atoms with Crippen molar-refractivity contribution in [2.75, 3.05) is 0 Å². The topological polar surface area (TPSA) is 102 Å². The number of rotatable bonds is 1. The summed E-state index contributed by atoms with van der Waals surface area (Å²) >= 11 is 0. The largest absolute Gasteiger partial charge is 0.542 e. The number of aromatic carboxylic acids is 1. The standard InChI is InChI=1S/C15H11NO3.C2HF3O2/c1-16-12-5-3-2-4-10(12)14(15(18)19)11-8-9(17)6-7-13(11)16;3-2(4,5)1(6)7/h2-8H,1H3,(H-,17,18,19);(H,6,7). The molecule has 0 aliphatic rings. The second kappa shape index (κ2) is 6.87. The molecule has 0 saturated heterocycles. The third-order valence-corrected chi connectivity index (χ3v) is 3.59. The van der Waals surface area contributed by atoms with Gasteiger partial charge < -0.3 is 20.1 Å². The number of aryl methyl sites for hydroxylation is 1. The molecule has 3 aromatic rings. The maximum atomic E-state index is 11.6. The van der Waals surface area contributed by atoms with Crippen LogP contribution in [-0.4, -0.2) is 28.3 Å². The number of pyridine rings is 1. The molecular formula is C17H12F3NO5. The first-order chi connectivity index (χ1) is 12.0. The lowest BCUT2D eigenvalue weighted by Gasteiger charge is -2.07. The highest BCUT2D eigenvalue weighted by atomic mass is 19.4. The fourth-order valence-corrected chi connectivity index (χ4v) is 2.50. The van der Waals surface area contributed by atoms with Crippen LogP contribution in [0.25, 0.3) is 21.8 Å². The summed E-state index contributed by atoms with van der Waals surface area (Å²) in [6, 6.07) is 12.1. The van der Waals surface area contributed by atoms with E-state index < -0.39 is 18.1 Å². The van der Waals surface area contributed by atoms with Crippen molar-refractivity contribution in [1.82, 2.24) is 0 Å². The number of hydrogen-bond acceptors (Lipinski definition) is 4. The van der Waals surface area contributed by atoms with Crippen molar-refractivity contribution in [3.8, 4) is 5.75 Å². The molecule has 6 nitrogen and oxygen atoms in total. The van der Waals surface area contributed by atoms with E-state index in [1.165, 1.54) is 6.07 Å². The van der Waals surface area contributed by atoms with Gasteiger partial charge in [-0.15, -0.1) is 0 Å². The molecule has 1 aromatic heterocycles. The first kappa shape index (κ1) is 19.0. The molecule has 1 heterocycles. The molecule has 0 saturated carbocycles. The normalized spacial score (nSPS) is 11.1. The van der Waals surface area contributed by atoms with Crippen LogP contribution in [0.2, 0.25) is 0 Å². The summed E-state index contributed by atoms with van der Waals surface area (Å²) in [6.07, 6.45) is -5.19. The number of carbonyl (C=O) groups is 2. The van der Waals surface area contributed by atoms with Gasteiger partial charge in [-0.2, -0.15) is 17.7 Å². The third kappa shape index (κ3) is 3.66. The van der Waals surface area contributed by atoms with Gasteiger partial charge in [0.15, 0.2) is 0 Å². The number of alkyl halides is 3. The van der Waals surface area contributed by atoms with Gasteiger partial charge in [0.25, 0.3) is 0 Å². The molecule has 0 amide bonds. The number of carbonyl (C=O) groups excluding carboxylic acids is 1. The molecule has 0 atom stereocenters. The van der Waals surface area contributed by atoms with Gasteiger partial charge >= 0.3 is 12.1 Å². The summed E-state index contributed by atoms with van der Waals surface area (Å²) in [4.78, 5) is 20.3. The van der Waals surface area contributed by atoms with Crippen LogP contribution in [0.4, 0.5) is 13.2 Å². The first-order valence-corrected chi connectivity index (χ1v) is 7.09. The second-order valence-electron chi connectivity index (χ2n) is 5.24. The van der Waals surface area contributed by atoms with E-state index in [2.05, 4.69) is 0 Å². The predicted molar refractivity (Wildman–Crippen MR) is 82.3 cm³/mol. The van der Waals surface area contributed by atoms with E-state index in [0.29, 0.717) is 10.8 Å². The molecule has 2 aromatic carbocycles. The Morgan fingerprint density at radius 3 is 2.12 bits per heavy atom. The summed E-state index contributed by atoms with van der Waals surface area (Å²) in [5.74, 6) is -3.94. The van der Waals surface area contributed by atoms with Crippen LogP contribution in [0.1, 0.15) is 10.4 Å². The zero-order valence-electron chi connectivity index (χ0n) is 13.2. The Kier molecular flexibility index (Phi) is 5.01. The molecule has 9 heteroatoms. The minimum atomic E-state index is -5.19. The van der Waals surface area contributed by atoms with E-state index in [1.54, 1.807) is 18.2 Å². The fraction of sp³-hybridized carbons (Fsp3) is 0.118. The highest BCUT2D eigenvalue weighted by molar-refractivity contribution is 6.12. The van der Waals surface area contributed by atoms with Crippen molar-refractivity contribution >= 4 is 33.7 Å². The Labute approximate surface area is 144 Å². The Hall–Kier alpha value is -3.36. The lowest BCUT2D eigenvalue weighted by molar-refractivity contribution is -0.617. The molecule has 0 bridgehead atoms. The monoisotopic (exact) mass is 367 g/mol. The lowest BCUT2D eigenvalue weighted by Crippen LogP contribution is -2.37. The zero-order chi connectivity index (χ0) is 19.6. The van der Waals surface area contributed by atoms with Crippen LogP contribution in [0.15, 0.2) is 42.5 Å². The van der Waals surface area contributed by atoms with Gasteiger partial charge in [0, 0.05) is 12.1 Å². The molecule has 0 radical (unpaired) electrons. The minimum absolute atomic E-state index is 0.0604. The number of aliphatic carboxylic acids is 1. The minimum Gasteiger partial charge on any atom is -0.542 e. The van der Waals surface area contributed by atoms with E-state index in [1.807, 2.05) is 29.8 Å². The van der Waals surface area contributed by atoms with Crippen molar-refractivity contribution in [3.63, 3.8) is 0 Å². The van der Waals surface area contributed by atoms with E-state index in [4.69, 9.17) is 9.90 Å². The van der Waals surface area contributed by atoms with Crippen molar-refractivity contribution in [1.29, 1.82) is 0 Å². The number of aromatic hydroxyl groups is 1. The summed E-state index contributed by atoms with van der Waals surface area (Å²) in [7, 11) is 1.88. The Bertz CT molecular complexity index is 1010. The summed E-state index contributed by atoms with van der Waals surface area (Å²) in [6.45, 7) is 0. The Morgan fingerprint density at radius 2 is 1.58 bits per heavy atom. The molecule has 0 spiro atoms. The molecular weight excluding hydrogens is 355 g/mol. The number of halogens is 3. The Balaban J connectivity index is 0.000000298. The van der Waals surface area contributed by atoms with E-state index in [-0.39, 0.29) is 11.3 Å². The molecule has 26 heavy (non-hydrogen) atoms. The quantitative estimate of drug-likeness (QED) is 0.502. The number of benzene rings is 2. The number of phenolic OH excluding ortho intramolecular Hbond substituents is 1. The van der Waals surface area contributed by atoms with Crippen LogP contribution in [-0.2, 0) is 11.8 Å². The van der Waals surface area contributed by atoms with Crippen LogP contribution < -0.4 is 9.67 Å². The number of nitrogens with zero attached hydrogens (tertiary/aromatic N) is 1. The number of phenols is 1. The molecule has 136 valence electrons. The highest BCUT2D eigenvalue weighted by Crippen LogP contribution is 2.27. The SMILES string of the molecule is C[n+]1c2ccccc2c(C(=O)O)c2cc(O)ccc21.O=C([O-])C(F)(F)F. The molecule has 0 unspecified atom stereocenters. The van der Waals surface area contributed by atoms with Gasteiger partial charge in [-0.1, -0.05) is 12.1 Å². The van der Waals surface area contributed by atoms with Crippen molar-refractivity contribution in [3.05, 3.63) is 48.0 Å². The van der Waals surface area contributed by atoms with Gasteiger partial charge in [0.2, 0.25) is 11.0 Å². The zero-order valence-corrected chi connectivity index (χ0v) is 13.2. The number of aromatic nitrogens is 1. The van der Waals surface area contributed by atoms with Crippen molar-refractivity contribution < 1.29 is 42.6 Å². The van der Waals surface area contributed by atoms with Gasteiger partial charge in [0.1, 0.15) is 18.8 Å². The summed E-state index contributed by atoms with van der Waals surface area (Å²) < 4.78 is 33.5. The number of carboxylic acids is 2. The van der Waals surface area contributed by atoms with Crippen molar-refractivity contribution in [2.45, 2.75) is 6.18 Å². The molecule has 2 N–H and O–H groups in total. The molecule has 0 fully saturated rings. The maximum absolute atomic E-state index is 11.6. The Morgan fingerprint density at radius 1 is 1.04 bits per heavy atom. The fourth-order valence-electron chi connectivity index (χ4n) is 2.50. The van der Waals surface area contributed by atoms with E-state index in [0.717, 1.165) is 11.0 Å². The second-order valence-corrected chi connectivity index (χ2v) is 5.24. The maximum Gasteiger partial charge on any atom is 0.430 e. The predicted octanol–water partition coefficient (Wildman–Crippen LogP) is 1.52. The van der Waals surface area contributed by atoms with E-state index in [9.17, 15) is 28.2 Å². The van der Waals surface area contributed by atoms with Gasteiger partial charge in [-0.3, -0.25) is 0 Å². The number of hydrogen-bond donors (Lipinski definition) is 2. The van der Waals surface area contributed by atoms with Crippen molar-refractivity contribution in [2.24, 2.45) is 7.05 Å². The highest BCUT2D eigenvalue weighted by Gasteiger charge is 2.28. The summed E-state index contributed by atoms with van der Waals surface area (Å²) in [5.41, 5.74) is 1.84. The molecule has 0 aliphatic heterocycles. The number of carboxylic acid groups (broad SMARTS) is 2. The molecule has 3 rings (SSSR count). The van der Waals surface area contributed by atoms with Gasteiger partial charge in [-0.05, 0) is 18.2 Å². The lowest BCUT2D eigenvalue weighted by atomic mass is 10.0. The molecule has 0 aliphatic carbocycles. The van der Waals surface area contributed by atoms with E-state index >= 15 is 0 Å². The van der Waals surface area contributed by atoms with Gasteiger partial charge in [-0.25, -0.2) is 4.79 Å². The van der Waals surface area contributed by atoms with Crippen LogP contribution in [0.3, 0.4) is 0 Å². The van der Waals surface area contributed by atoms with Crippen LogP contribution in [0.5, 0.6) is 5.75 Å². The smallest absolute Gasteiger partial charge is 0.430 e. The number of fused-ring (bicyclic) bond motifs is 2. The average Bonchev–Trinajstić information content (AvgIpc) is 2.54. The third-order valence-electron chi connectivity index (χ3n) is 3.59. The first-order valence-electron chi connectivity index (χ1n) is 7.09. The van der Waals surface area contributed by atoms with Crippen LogP contribution >= 0.6 is 0 Å². The number of para-hydroxylation sites is 1. The summed E-state index contributed by atoms with van der Waals surface area (Å²) in [5, 5.41) is 29.1. The van der Waals surface area contributed by atoms with Gasteiger partial charge in [0.05, 0.1) is 16.3 Å². The van der Waals surface area contributed by atoms with Crippen LogP contribution in [0, 0.1) is 0 Å². The average molecular weight is 367 g/mol.